The molecule has 0 rings (SSSR count). The second kappa shape index (κ2) is 6.21. The highest BCUT2D eigenvalue weighted by Gasteiger charge is 1.93. The summed E-state index contributed by atoms with van der Waals surface area (Å²) >= 11 is 0. The van der Waals surface area contributed by atoms with Gasteiger partial charge >= 0.3 is 0 Å². The van der Waals surface area contributed by atoms with Crippen LogP contribution in [0.2, 0.25) is 0 Å². The van der Waals surface area contributed by atoms with Crippen LogP contribution >= 0.6 is 0 Å². The lowest BCUT2D eigenvalue weighted by atomic mass is 10.0. The lowest BCUT2D eigenvalue weighted by molar-refractivity contribution is 0.778. The number of unbranched alkanes of at least 4 members (excludes halogenated alkanes) is 1. The normalized spacial score (nSPS) is 12.6. The van der Waals surface area contributed by atoms with Gasteiger partial charge in [-0.15, -0.1) is 6.58 Å². The van der Waals surface area contributed by atoms with Crippen molar-refractivity contribution in [2.45, 2.75) is 46.5 Å². The summed E-state index contributed by atoms with van der Waals surface area (Å²) in [7, 11) is 0. The number of rotatable bonds is 5. The first-order valence-electron chi connectivity index (χ1n) is 4.48. The molecule has 0 aliphatic rings. The summed E-state index contributed by atoms with van der Waals surface area (Å²) in [5.41, 5.74) is 3.04. The van der Waals surface area contributed by atoms with Crippen molar-refractivity contribution >= 4 is 0 Å². The van der Waals surface area contributed by atoms with E-state index in [0.29, 0.717) is 0 Å². The molecule has 0 heteroatoms. The Bertz CT molecular complexity index is 140. The molecule has 0 aromatic carbocycles. The molecule has 0 heterocycles. The summed E-state index contributed by atoms with van der Waals surface area (Å²) in [4.78, 5) is 0. The Labute approximate surface area is 71.0 Å². The van der Waals surface area contributed by atoms with E-state index in [4.69, 9.17) is 0 Å². The molecule has 0 aromatic heterocycles. The Morgan fingerprint density at radius 3 is 2.36 bits per heavy atom. The average Bonchev–Trinajstić information content (AvgIpc) is 2.00. The van der Waals surface area contributed by atoms with Crippen LogP contribution in [0.15, 0.2) is 23.8 Å². The molecular weight excluding hydrogens is 132 g/mol. The summed E-state index contributed by atoms with van der Waals surface area (Å²) in [6, 6.07) is 0. The van der Waals surface area contributed by atoms with Crippen LogP contribution in [0.25, 0.3) is 0 Å². The van der Waals surface area contributed by atoms with Gasteiger partial charge in [-0.3, -0.25) is 0 Å². The van der Waals surface area contributed by atoms with Crippen molar-refractivity contribution in [1.82, 2.24) is 0 Å². The first-order valence-corrected chi connectivity index (χ1v) is 4.48. The zero-order valence-corrected chi connectivity index (χ0v) is 8.11. The Morgan fingerprint density at radius 2 is 1.91 bits per heavy atom. The number of hydrogen-bond acceptors (Lipinski definition) is 0. The molecule has 0 N–H and O–H groups in total. The summed E-state index contributed by atoms with van der Waals surface area (Å²) in [6.07, 6.45) is 6.90. The third-order valence-electron chi connectivity index (χ3n) is 2.08. The molecule has 0 atom stereocenters. The maximum Gasteiger partial charge on any atom is -0.0142 e. The fourth-order valence-corrected chi connectivity index (χ4v) is 1.05. The van der Waals surface area contributed by atoms with Gasteiger partial charge < -0.3 is 0 Å². The molecule has 11 heavy (non-hydrogen) atoms. The highest BCUT2D eigenvalue weighted by Crippen LogP contribution is 2.14. The zero-order valence-electron chi connectivity index (χ0n) is 8.11. The quantitative estimate of drug-likeness (QED) is 0.520. The van der Waals surface area contributed by atoms with Crippen molar-refractivity contribution in [3.63, 3.8) is 0 Å². The molecule has 0 amide bonds. The van der Waals surface area contributed by atoms with Gasteiger partial charge in [0.1, 0.15) is 0 Å². The van der Waals surface area contributed by atoms with Gasteiger partial charge in [0.2, 0.25) is 0 Å². The maximum atomic E-state index is 3.73. The Balaban J connectivity index is 3.82. The van der Waals surface area contributed by atoms with Crippen molar-refractivity contribution in [3.05, 3.63) is 23.8 Å². The van der Waals surface area contributed by atoms with E-state index in [0.717, 1.165) is 6.42 Å². The minimum Gasteiger partial charge on any atom is -0.103 e. The molecule has 0 saturated carbocycles. The van der Waals surface area contributed by atoms with Gasteiger partial charge in [0.05, 0.1) is 0 Å². The van der Waals surface area contributed by atoms with Gasteiger partial charge in [-0.2, -0.15) is 0 Å². The first-order chi connectivity index (χ1) is 5.22. The van der Waals surface area contributed by atoms with E-state index in [1.807, 2.05) is 6.08 Å². The first kappa shape index (κ1) is 10.5. The van der Waals surface area contributed by atoms with E-state index in [2.05, 4.69) is 27.4 Å². The molecule has 0 aromatic rings. The van der Waals surface area contributed by atoms with Gasteiger partial charge in [0.15, 0.2) is 0 Å². The van der Waals surface area contributed by atoms with Crippen molar-refractivity contribution in [1.29, 1.82) is 0 Å². The van der Waals surface area contributed by atoms with Crippen molar-refractivity contribution < 1.29 is 0 Å². The Morgan fingerprint density at radius 1 is 1.27 bits per heavy atom. The smallest absolute Gasteiger partial charge is 0.0142 e. The second-order valence-electron chi connectivity index (χ2n) is 3.16. The lowest BCUT2D eigenvalue weighted by Gasteiger charge is -2.04. The standard InChI is InChI=1S/C11H20/c1-5-7-9-11(4)10(3)8-6-2/h6H,2,5,7-9H2,1,3-4H3/b11-10+. The van der Waals surface area contributed by atoms with Crippen LogP contribution in [0.5, 0.6) is 0 Å². The molecule has 64 valence electrons. The second-order valence-corrected chi connectivity index (χ2v) is 3.16. The molecule has 0 nitrogen and oxygen atoms in total. The predicted molar refractivity (Wildman–Crippen MR) is 52.7 cm³/mol. The molecular formula is C11H20. The van der Waals surface area contributed by atoms with Gasteiger partial charge in [-0.05, 0) is 33.1 Å². The van der Waals surface area contributed by atoms with Crippen molar-refractivity contribution in [2.75, 3.05) is 0 Å². The van der Waals surface area contributed by atoms with Crippen LogP contribution < -0.4 is 0 Å². The molecule has 0 radical (unpaired) electrons. The highest BCUT2D eigenvalue weighted by molar-refractivity contribution is 5.12. The molecule has 0 saturated heterocycles. The molecule has 0 aliphatic carbocycles. The summed E-state index contributed by atoms with van der Waals surface area (Å²) in [6.45, 7) is 10.4. The van der Waals surface area contributed by atoms with Crippen molar-refractivity contribution in [2.24, 2.45) is 0 Å². The molecule has 0 spiro atoms. The summed E-state index contributed by atoms with van der Waals surface area (Å²) in [5.74, 6) is 0. The lowest BCUT2D eigenvalue weighted by Crippen LogP contribution is -1.83. The van der Waals surface area contributed by atoms with Gasteiger partial charge in [0.25, 0.3) is 0 Å². The van der Waals surface area contributed by atoms with E-state index in [1.165, 1.54) is 24.8 Å². The third-order valence-corrected chi connectivity index (χ3v) is 2.08. The fourth-order valence-electron chi connectivity index (χ4n) is 1.05. The minimum atomic E-state index is 1.05. The SMILES string of the molecule is C=CC/C(C)=C(\C)CCCC. The van der Waals surface area contributed by atoms with E-state index >= 15 is 0 Å². The molecule has 0 bridgehead atoms. The summed E-state index contributed by atoms with van der Waals surface area (Å²) in [5, 5.41) is 0. The monoisotopic (exact) mass is 152 g/mol. The zero-order chi connectivity index (χ0) is 8.69. The fraction of sp³-hybridized carbons (Fsp3) is 0.636. The van der Waals surface area contributed by atoms with Crippen molar-refractivity contribution in [3.8, 4) is 0 Å². The van der Waals surface area contributed by atoms with Crippen LogP contribution in [0.3, 0.4) is 0 Å². The van der Waals surface area contributed by atoms with E-state index in [9.17, 15) is 0 Å². The largest absolute Gasteiger partial charge is 0.103 e. The molecule has 0 aliphatic heterocycles. The Hall–Kier alpha value is -0.520. The van der Waals surface area contributed by atoms with Crippen LogP contribution in [-0.4, -0.2) is 0 Å². The van der Waals surface area contributed by atoms with Gasteiger partial charge in [-0.25, -0.2) is 0 Å². The van der Waals surface area contributed by atoms with Crippen LogP contribution in [0.4, 0.5) is 0 Å². The molecule has 0 fully saturated rings. The average molecular weight is 152 g/mol. The maximum absolute atomic E-state index is 3.73. The van der Waals surface area contributed by atoms with E-state index in [-0.39, 0.29) is 0 Å². The topological polar surface area (TPSA) is 0 Å². The predicted octanol–water partition coefficient (Wildman–Crippen LogP) is 4.09. The van der Waals surface area contributed by atoms with E-state index in [1.54, 1.807) is 5.57 Å². The number of allylic oxidation sites excluding steroid dienone is 3. The third kappa shape index (κ3) is 4.83. The minimum absolute atomic E-state index is 1.05. The van der Waals surface area contributed by atoms with Gasteiger partial charge in [0, 0.05) is 0 Å². The highest BCUT2D eigenvalue weighted by atomic mass is 14.0. The Kier molecular flexibility index (Phi) is 5.91. The van der Waals surface area contributed by atoms with E-state index < -0.39 is 0 Å². The van der Waals surface area contributed by atoms with Crippen LogP contribution in [0.1, 0.15) is 46.5 Å². The molecule has 0 unspecified atom stereocenters. The van der Waals surface area contributed by atoms with Crippen LogP contribution in [-0.2, 0) is 0 Å². The van der Waals surface area contributed by atoms with Gasteiger partial charge in [-0.1, -0.05) is 30.6 Å². The number of hydrogen-bond donors (Lipinski definition) is 0. The van der Waals surface area contributed by atoms with Crippen LogP contribution in [0, 0.1) is 0 Å². The summed E-state index contributed by atoms with van der Waals surface area (Å²) < 4.78 is 0.